The van der Waals surface area contributed by atoms with E-state index in [1.165, 1.54) is 25.7 Å². The topological polar surface area (TPSA) is 47.3 Å². The lowest BCUT2D eigenvalue weighted by atomic mass is 9.94. The molecule has 1 heterocycles. The summed E-state index contributed by atoms with van der Waals surface area (Å²) in [5.41, 5.74) is 0. The highest BCUT2D eigenvalue weighted by molar-refractivity contribution is 14.1. The molecule has 0 spiro atoms. The monoisotopic (exact) mass is 310 g/mol. The highest BCUT2D eigenvalue weighted by Crippen LogP contribution is 2.31. The maximum Gasteiger partial charge on any atom is 0.0679 e. The van der Waals surface area contributed by atoms with Crippen molar-refractivity contribution in [3.05, 3.63) is 0 Å². The Hall–Kier alpha value is 0.450. The molecule has 2 aliphatic rings. The third-order valence-electron chi connectivity index (χ3n) is 3.49. The standard InChI is InChI=1S/C10H19IN2O/c12-11-8-1-3-9(4-2-8)13-6-5-10(14)7-13/h8-10,12,14H,1-7H2/t8?,9?,10-/m0/s1. The number of hydrogen-bond donors (Lipinski definition) is 2. The van der Waals surface area contributed by atoms with Crippen LogP contribution in [0, 0.1) is 3.56 Å². The van der Waals surface area contributed by atoms with Crippen molar-refractivity contribution in [2.45, 2.75) is 48.2 Å². The van der Waals surface area contributed by atoms with Crippen LogP contribution in [0.1, 0.15) is 32.1 Å². The number of rotatable bonds is 2. The summed E-state index contributed by atoms with van der Waals surface area (Å²) in [4.78, 5) is 2.46. The van der Waals surface area contributed by atoms with Gasteiger partial charge in [0.05, 0.1) is 6.10 Å². The molecule has 1 atom stereocenters. The van der Waals surface area contributed by atoms with Crippen LogP contribution in [0.25, 0.3) is 0 Å². The minimum absolute atomic E-state index is 0.0728. The lowest BCUT2D eigenvalue weighted by Gasteiger charge is -2.32. The van der Waals surface area contributed by atoms with E-state index in [-0.39, 0.29) is 27.1 Å². The summed E-state index contributed by atoms with van der Waals surface area (Å²) in [6.07, 6.45) is 5.98. The summed E-state index contributed by atoms with van der Waals surface area (Å²) >= 11 is -0.273. The molecule has 14 heavy (non-hydrogen) atoms. The number of nitrogens with zero attached hydrogens (tertiary/aromatic N) is 1. The van der Waals surface area contributed by atoms with Gasteiger partial charge in [-0.1, -0.05) is 0 Å². The molecule has 0 bridgehead atoms. The van der Waals surface area contributed by atoms with Gasteiger partial charge in [-0.05, 0) is 53.1 Å². The molecular weight excluding hydrogens is 291 g/mol. The highest BCUT2D eigenvalue weighted by Gasteiger charge is 2.29. The van der Waals surface area contributed by atoms with E-state index in [4.69, 9.17) is 3.56 Å². The number of nitrogens with one attached hydrogen (secondary N) is 1. The van der Waals surface area contributed by atoms with E-state index in [1.807, 2.05) is 0 Å². The molecule has 0 aromatic rings. The molecule has 0 unspecified atom stereocenters. The van der Waals surface area contributed by atoms with Crippen LogP contribution >= 0.6 is 21.0 Å². The maximum absolute atomic E-state index is 9.46. The molecule has 0 aromatic carbocycles. The number of aliphatic hydroxyl groups excluding tert-OH is 1. The van der Waals surface area contributed by atoms with E-state index in [0.29, 0.717) is 0 Å². The van der Waals surface area contributed by atoms with Gasteiger partial charge in [-0.25, -0.2) is 0 Å². The van der Waals surface area contributed by atoms with Crippen LogP contribution in [-0.2, 0) is 0 Å². The Bertz CT molecular complexity index is 204. The van der Waals surface area contributed by atoms with Gasteiger partial charge in [0, 0.05) is 23.1 Å². The first-order chi connectivity index (χ1) is 6.79. The summed E-state index contributed by atoms with van der Waals surface area (Å²) in [5, 5.41) is 9.46. The van der Waals surface area contributed by atoms with Crippen LogP contribution in [0.4, 0.5) is 0 Å². The fourth-order valence-corrected chi connectivity index (χ4v) is 3.95. The summed E-state index contributed by atoms with van der Waals surface area (Å²) < 4.78 is 8.22. The SMILES string of the molecule is N=IC1CCC(N2CC[C@H](O)C2)CC1. The lowest BCUT2D eigenvalue weighted by Crippen LogP contribution is -2.37. The van der Waals surface area contributed by atoms with Crippen molar-refractivity contribution in [3.8, 4) is 0 Å². The second-order valence-corrected chi connectivity index (χ2v) is 6.84. The second-order valence-electron chi connectivity index (χ2n) is 4.45. The first-order valence-electron chi connectivity index (χ1n) is 5.51. The molecule has 0 amide bonds. The van der Waals surface area contributed by atoms with Gasteiger partial charge in [0.15, 0.2) is 0 Å². The predicted octanol–water partition coefficient (Wildman–Crippen LogP) is 2.10. The summed E-state index contributed by atoms with van der Waals surface area (Å²) in [6, 6.07) is 0.721. The van der Waals surface area contributed by atoms with E-state index in [0.717, 1.165) is 29.5 Å². The van der Waals surface area contributed by atoms with Crippen LogP contribution < -0.4 is 0 Å². The second kappa shape index (κ2) is 4.99. The summed E-state index contributed by atoms with van der Waals surface area (Å²) in [5.74, 6) is 0. The van der Waals surface area contributed by atoms with Gasteiger partial charge in [0.1, 0.15) is 0 Å². The molecular formula is C10H19IN2O. The quantitative estimate of drug-likeness (QED) is 0.606. The Morgan fingerprint density at radius 3 is 2.36 bits per heavy atom. The maximum atomic E-state index is 9.46. The number of likely N-dealkylation sites (tertiary alicyclic amines) is 1. The molecule has 0 aromatic heterocycles. The van der Waals surface area contributed by atoms with Crippen molar-refractivity contribution in [1.82, 2.24) is 4.90 Å². The molecule has 4 heteroatoms. The summed E-state index contributed by atoms with van der Waals surface area (Å²) in [6.45, 7) is 1.98. The average molecular weight is 310 g/mol. The Morgan fingerprint density at radius 2 is 1.86 bits per heavy atom. The lowest BCUT2D eigenvalue weighted by molar-refractivity contribution is 0.144. The Labute approximate surface area is 95.8 Å². The Kier molecular flexibility index (Phi) is 3.90. The minimum atomic E-state index is -0.273. The molecule has 0 radical (unpaired) electrons. The van der Waals surface area contributed by atoms with Gasteiger partial charge in [-0.2, -0.15) is 0 Å². The summed E-state index contributed by atoms with van der Waals surface area (Å²) in [7, 11) is 0. The van der Waals surface area contributed by atoms with Gasteiger partial charge in [0.25, 0.3) is 0 Å². The van der Waals surface area contributed by atoms with Gasteiger partial charge >= 0.3 is 0 Å². The fourth-order valence-electron chi connectivity index (χ4n) is 2.61. The zero-order valence-electron chi connectivity index (χ0n) is 8.45. The van der Waals surface area contributed by atoms with Gasteiger partial charge in [-0.15, -0.1) is 0 Å². The van der Waals surface area contributed by atoms with Crippen LogP contribution in [0.15, 0.2) is 0 Å². The average Bonchev–Trinajstić information content (AvgIpc) is 2.65. The van der Waals surface area contributed by atoms with Crippen molar-refractivity contribution in [2.24, 2.45) is 0 Å². The van der Waals surface area contributed by atoms with Crippen LogP contribution in [0.2, 0.25) is 0 Å². The largest absolute Gasteiger partial charge is 0.392 e. The van der Waals surface area contributed by atoms with Crippen molar-refractivity contribution in [1.29, 1.82) is 3.56 Å². The molecule has 1 aliphatic carbocycles. The molecule has 1 saturated carbocycles. The number of aliphatic hydroxyl groups is 1. The molecule has 1 aliphatic heterocycles. The van der Waals surface area contributed by atoms with E-state index in [2.05, 4.69) is 4.90 Å². The Balaban J connectivity index is 1.80. The zero-order chi connectivity index (χ0) is 9.97. The molecule has 82 valence electrons. The van der Waals surface area contributed by atoms with Crippen molar-refractivity contribution in [3.63, 3.8) is 0 Å². The number of alkyl halides is 1. The fraction of sp³-hybridized carbons (Fsp3) is 1.00. The van der Waals surface area contributed by atoms with E-state index in [1.54, 1.807) is 0 Å². The molecule has 1 saturated heterocycles. The zero-order valence-corrected chi connectivity index (χ0v) is 10.6. The third-order valence-corrected chi connectivity index (χ3v) is 5.62. The highest BCUT2D eigenvalue weighted by atomic mass is 127. The van der Waals surface area contributed by atoms with Crippen LogP contribution in [-0.4, -0.2) is 39.2 Å². The van der Waals surface area contributed by atoms with Gasteiger partial charge < -0.3 is 5.11 Å². The molecule has 3 nitrogen and oxygen atoms in total. The minimum Gasteiger partial charge on any atom is -0.392 e. The van der Waals surface area contributed by atoms with Crippen molar-refractivity contribution in [2.75, 3.05) is 13.1 Å². The van der Waals surface area contributed by atoms with E-state index in [9.17, 15) is 5.11 Å². The number of β-amino-alcohol motifs (C(OH)–C–C–N with tert-alkyl or cyclic N) is 1. The first-order valence-corrected chi connectivity index (χ1v) is 7.83. The van der Waals surface area contributed by atoms with E-state index >= 15 is 0 Å². The van der Waals surface area contributed by atoms with Gasteiger partial charge in [0.2, 0.25) is 0 Å². The number of hydrogen-bond acceptors (Lipinski definition) is 3. The molecule has 2 N–H and O–H groups in total. The van der Waals surface area contributed by atoms with Crippen LogP contribution in [0.5, 0.6) is 0 Å². The Morgan fingerprint density at radius 1 is 1.14 bits per heavy atom. The predicted molar refractivity (Wildman–Crippen MR) is 65.0 cm³/mol. The van der Waals surface area contributed by atoms with E-state index < -0.39 is 0 Å². The van der Waals surface area contributed by atoms with Gasteiger partial charge in [-0.3, -0.25) is 8.46 Å². The molecule has 2 rings (SSSR count). The normalized spacial score (nSPS) is 40.2. The van der Waals surface area contributed by atoms with Crippen molar-refractivity contribution < 1.29 is 5.11 Å². The molecule has 2 fully saturated rings. The smallest absolute Gasteiger partial charge is 0.0679 e. The first kappa shape index (κ1) is 11.0. The van der Waals surface area contributed by atoms with Crippen molar-refractivity contribution >= 4 is 21.0 Å². The third kappa shape index (κ3) is 2.52. The van der Waals surface area contributed by atoms with Crippen LogP contribution in [0.3, 0.4) is 0 Å². The number of halogens is 1.